The van der Waals surface area contributed by atoms with E-state index in [0.29, 0.717) is 13.2 Å². The van der Waals surface area contributed by atoms with Gasteiger partial charge in [0.2, 0.25) is 11.8 Å². The summed E-state index contributed by atoms with van der Waals surface area (Å²) in [5, 5.41) is 14.1. The van der Waals surface area contributed by atoms with Crippen LogP contribution in [0.25, 0.3) is 0 Å². The van der Waals surface area contributed by atoms with Crippen molar-refractivity contribution in [3.8, 4) is 0 Å². The minimum Gasteiger partial charge on any atom is -0.480 e. The first-order valence-electron chi connectivity index (χ1n) is 9.85. The van der Waals surface area contributed by atoms with Crippen LogP contribution >= 0.6 is 0 Å². The van der Waals surface area contributed by atoms with Crippen LogP contribution in [0, 0.1) is 0 Å². The minimum absolute atomic E-state index is 0.0301. The van der Waals surface area contributed by atoms with Crippen molar-refractivity contribution in [3.05, 3.63) is 0 Å². The van der Waals surface area contributed by atoms with Crippen LogP contribution in [0.5, 0.6) is 0 Å². The van der Waals surface area contributed by atoms with Gasteiger partial charge in [0.1, 0.15) is 18.4 Å². The second-order valence-electron chi connectivity index (χ2n) is 6.41. The number of amides is 2. The monoisotopic (exact) mass is 434 g/mol. The molecule has 0 aromatic rings. The molecule has 0 fully saturated rings. The van der Waals surface area contributed by atoms with Gasteiger partial charge in [0, 0.05) is 40.1 Å². The number of carbonyl (C=O) groups is 4. The lowest BCUT2D eigenvalue weighted by molar-refractivity contribution is -0.143. The van der Waals surface area contributed by atoms with Crippen LogP contribution in [0.15, 0.2) is 0 Å². The fraction of sp³-hybridized carbons (Fsp3) is 0.789. The Morgan fingerprint density at radius 2 is 1.57 bits per heavy atom. The van der Waals surface area contributed by atoms with Crippen molar-refractivity contribution in [1.29, 1.82) is 0 Å². The fourth-order valence-corrected chi connectivity index (χ4v) is 2.25. The molecule has 0 aliphatic rings. The molecule has 0 aliphatic carbocycles. The number of aliphatic carboxylic acids is 1. The molecule has 0 heterocycles. The molecular formula is C19H34N2O9. The van der Waals surface area contributed by atoms with E-state index in [9.17, 15) is 24.3 Å². The van der Waals surface area contributed by atoms with Crippen LogP contribution in [0.1, 0.15) is 39.0 Å². The molecule has 0 spiro atoms. The van der Waals surface area contributed by atoms with Crippen LogP contribution in [0.3, 0.4) is 0 Å². The van der Waals surface area contributed by atoms with Gasteiger partial charge in [0.05, 0.1) is 19.8 Å². The first-order chi connectivity index (χ1) is 14.3. The molecule has 0 radical (unpaired) electrons. The molecule has 0 aliphatic heterocycles. The van der Waals surface area contributed by atoms with Crippen molar-refractivity contribution >= 4 is 23.6 Å². The van der Waals surface area contributed by atoms with Crippen LogP contribution in [-0.4, -0.2) is 88.2 Å². The zero-order valence-electron chi connectivity index (χ0n) is 17.9. The smallest absolute Gasteiger partial charge is 0.326 e. The molecule has 0 aromatic carbocycles. The summed E-state index contributed by atoms with van der Waals surface area (Å²) in [7, 11) is 2.88. The SMILES string of the molecule is CCCOCCOCC(=O)N[C@@H](CCC(=O)CCC(=O)NCC(OC)OC)C(=O)O. The number of Topliss-reactive ketones (excluding diaryl/α,β-unsaturated/α-hetero) is 1. The van der Waals surface area contributed by atoms with Gasteiger partial charge in [-0.3, -0.25) is 14.4 Å². The van der Waals surface area contributed by atoms with Gasteiger partial charge in [0.25, 0.3) is 0 Å². The highest BCUT2D eigenvalue weighted by molar-refractivity contribution is 5.87. The van der Waals surface area contributed by atoms with Crippen LogP contribution < -0.4 is 10.6 Å². The Kier molecular flexibility index (Phi) is 16.5. The number of nitrogens with one attached hydrogen (secondary N) is 2. The van der Waals surface area contributed by atoms with E-state index in [4.69, 9.17) is 18.9 Å². The summed E-state index contributed by atoms with van der Waals surface area (Å²) >= 11 is 0. The Bertz CT molecular complexity index is 524. The summed E-state index contributed by atoms with van der Waals surface area (Å²) in [6, 6.07) is -1.21. The first kappa shape index (κ1) is 27.9. The van der Waals surface area contributed by atoms with Gasteiger partial charge in [0.15, 0.2) is 6.29 Å². The second-order valence-corrected chi connectivity index (χ2v) is 6.41. The lowest BCUT2D eigenvalue weighted by atomic mass is 10.1. The van der Waals surface area contributed by atoms with Crippen molar-refractivity contribution in [2.24, 2.45) is 0 Å². The molecule has 30 heavy (non-hydrogen) atoms. The van der Waals surface area contributed by atoms with Crippen molar-refractivity contribution < 1.29 is 43.2 Å². The Labute approximate surface area is 176 Å². The number of carbonyl (C=O) groups excluding carboxylic acids is 3. The molecule has 0 bridgehead atoms. The van der Waals surface area contributed by atoms with E-state index < -0.39 is 24.2 Å². The second kappa shape index (κ2) is 17.8. The minimum atomic E-state index is -1.25. The molecule has 0 saturated carbocycles. The number of hydrogen-bond acceptors (Lipinski definition) is 8. The highest BCUT2D eigenvalue weighted by Crippen LogP contribution is 2.04. The molecule has 11 heteroatoms. The van der Waals surface area contributed by atoms with Gasteiger partial charge >= 0.3 is 5.97 Å². The van der Waals surface area contributed by atoms with Crippen molar-refractivity contribution in [2.45, 2.75) is 51.4 Å². The molecular weight excluding hydrogens is 400 g/mol. The molecule has 0 aromatic heterocycles. The van der Waals surface area contributed by atoms with Gasteiger partial charge in [-0.25, -0.2) is 4.79 Å². The molecule has 174 valence electrons. The van der Waals surface area contributed by atoms with E-state index in [1.165, 1.54) is 14.2 Å². The third-order valence-corrected chi connectivity index (χ3v) is 3.92. The number of carboxylic acid groups (broad SMARTS) is 1. The average Bonchev–Trinajstić information content (AvgIpc) is 2.72. The third-order valence-electron chi connectivity index (χ3n) is 3.92. The molecule has 0 saturated heterocycles. The Balaban J connectivity index is 4.10. The van der Waals surface area contributed by atoms with E-state index in [0.717, 1.165) is 6.42 Å². The quantitative estimate of drug-likeness (QED) is 0.186. The molecule has 2 amide bonds. The van der Waals surface area contributed by atoms with Crippen LogP contribution in [0.4, 0.5) is 0 Å². The number of ketones is 1. The molecule has 11 nitrogen and oxygen atoms in total. The Morgan fingerprint density at radius 3 is 2.17 bits per heavy atom. The highest BCUT2D eigenvalue weighted by atomic mass is 16.7. The summed E-state index contributed by atoms with van der Waals surface area (Å²) in [6.07, 6.45) is 0.101. The number of carboxylic acids is 1. The zero-order chi connectivity index (χ0) is 22.8. The maximum absolute atomic E-state index is 11.9. The number of rotatable bonds is 19. The standard InChI is InChI=1S/C19H34N2O9/c1-4-9-29-10-11-30-13-17(24)21-15(19(25)26)7-5-14(22)6-8-16(23)20-12-18(27-2)28-3/h15,18H,4-13H2,1-3H3,(H,20,23)(H,21,24)(H,25,26)/t15-/m0/s1. The van der Waals surface area contributed by atoms with Gasteiger partial charge in [-0.15, -0.1) is 0 Å². The van der Waals surface area contributed by atoms with E-state index in [1.54, 1.807) is 0 Å². The van der Waals surface area contributed by atoms with Gasteiger partial charge < -0.3 is 34.7 Å². The maximum atomic E-state index is 11.9. The average molecular weight is 434 g/mol. The van der Waals surface area contributed by atoms with Gasteiger partial charge in [-0.1, -0.05) is 6.92 Å². The topological polar surface area (TPSA) is 149 Å². The Morgan fingerprint density at radius 1 is 0.900 bits per heavy atom. The summed E-state index contributed by atoms with van der Waals surface area (Å²) in [6.45, 7) is 3.01. The predicted molar refractivity (Wildman–Crippen MR) is 106 cm³/mol. The van der Waals surface area contributed by atoms with E-state index in [1.807, 2.05) is 6.92 Å². The zero-order valence-corrected chi connectivity index (χ0v) is 17.9. The number of ether oxygens (including phenoxy) is 4. The Hall–Kier alpha value is -2.08. The van der Waals surface area contributed by atoms with Gasteiger partial charge in [-0.2, -0.15) is 0 Å². The molecule has 3 N–H and O–H groups in total. The predicted octanol–water partition coefficient (Wildman–Crippen LogP) is -0.136. The lowest BCUT2D eigenvalue weighted by Crippen LogP contribution is -2.42. The van der Waals surface area contributed by atoms with Crippen molar-refractivity contribution in [2.75, 3.05) is 47.2 Å². The van der Waals surface area contributed by atoms with E-state index >= 15 is 0 Å². The third kappa shape index (κ3) is 14.9. The normalized spacial score (nSPS) is 11.9. The molecule has 0 rings (SSSR count). The number of methoxy groups -OCH3 is 2. The summed E-state index contributed by atoms with van der Waals surface area (Å²) in [5.41, 5.74) is 0. The summed E-state index contributed by atoms with van der Waals surface area (Å²) < 4.78 is 20.2. The largest absolute Gasteiger partial charge is 0.480 e. The highest BCUT2D eigenvalue weighted by Gasteiger charge is 2.21. The lowest BCUT2D eigenvalue weighted by Gasteiger charge is -2.15. The van der Waals surface area contributed by atoms with Crippen LogP contribution in [0.2, 0.25) is 0 Å². The van der Waals surface area contributed by atoms with Crippen molar-refractivity contribution in [3.63, 3.8) is 0 Å². The number of hydrogen-bond donors (Lipinski definition) is 3. The maximum Gasteiger partial charge on any atom is 0.326 e. The molecule has 1 atom stereocenters. The summed E-state index contributed by atoms with van der Waals surface area (Å²) in [4.78, 5) is 46.7. The van der Waals surface area contributed by atoms with Crippen molar-refractivity contribution in [1.82, 2.24) is 10.6 Å². The van der Waals surface area contributed by atoms with E-state index in [-0.39, 0.29) is 57.1 Å². The molecule has 0 unspecified atom stereocenters. The fourth-order valence-electron chi connectivity index (χ4n) is 2.25. The summed E-state index contributed by atoms with van der Waals surface area (Å²) in [5.74, 6) is -2.45. The van der Waals surface area contributed by atoms with E-state index in [2.05, 4.69) is 10.6 Å². The van der Waals surface area contributed by atoms with Crippen LogP contribution in [-0.2, 0) is 38.1 Å². The first-order valence-corrected chi connectivity index (χ1v) is 9.85. The van der Waals surface area contributed by atoms with Gasteiger partial charge in [-0.05, 0) is 12.8 Å².